The van der Waals surface area contributed by atoms with Gasteiger partial charge in [0.25, 0.3) is 0 Å². The SMILES string of the molecule is Oc1ccccc1/C=N\NC(=S)N[C@H]1C[C@@H]2C[C@@H]1[C@@H]1C=CC[C@@H]21. The Morgan fingerprint density at radius 2 is 2.13 bits per heavy atom. The molecule has 4 rings (SSSR count). The molecule has 2 fully saturated rings. The number of phenolic OH excluding ortho intramolecular Hbond substituents is 1. The minimum atomic E-state index is 0.212. The number of aromatic hydroxyl groups is 1. The number of fused-ring (bicyclic) bond motifs is 5. The maximum absolute atomic E-state index is 9.69. The number of nitrogens with one attached hydrogen (secondary N) is 2. The smallest absolute Gasteiger partial charge is 0.187 e. The molecule has 0 heterocycles. The van der Waals surface area contributed by atoms with Gasteiger partial charge in [0.15, 0.2) is 5.11 Å². The summed E-state index contributed by atoms with van der Waals surface area (Å²) in [7, 11) is 0. The molecule has 0 saturated heterocycles. The van der Waals surface area contributed by atoms with Crippen LogP contribution in [0.1, 0.15) is 24.8 Å². The first-order valence-corrected chi connectivity index (χ1v) is 8.67. The molecule has 23 heavy (non-hydrogen) atoms. The fourth-order valence-electron chi connectivity index (χ4n) is 4.67. The molecule has 3 N–H and O–H groups in total. The van der Waals surface area contributed by atoms with Gasteiger partial charge in [-0.25, -0.2) is 0 Å². The Morgan fingerprint density at radius 1 is 1.26 bits per heavy atom. The van der Waals surface area contributed by atoms with Crippen LogP contribution in [0.4, 0.5) is 0 Å². The standard InChI is InChI=1S/C18H21N3OS/c22-17-7-2-1-4-11(17)10-19-21-18(23)20-16-9-12-8-15(16)14-6-3-5-13(12)14/h1-4,6-7,10,12-16,22H,5,8-9H2,(H2,20,21,23)/b19-10-/t12-,13-,14+,15+,16-/m0/s1. The van der Waals surface area contributed by atoms with Crippen LogP contribution in [0.2, 0.25) is 0 Å². The Kier molecular flexibility index (Phi) is 3.81. The maximum Gasteiger partial charge on any atom is 0.187 e. The molecule has 0 aliphatic heterocycles. The second-order valence-electron chi connectivity index (χ2n) is 6.81. The predicted octanol–water partition coefficient (Wildman–Crippen LogP) is 2.79. The highest BCUT2D eigenvalue weighted by Gasteiger charge is 2.52. The van der Waals surface area contributed by atoms with Gasteiger partial charge in [0.2, 0.25) is 0 Å². The summed E-state index contributed by atoms with van der Waals surface area (Å²) in [6.45, 7) is 0. The molecule has 0 aromatic heterocycles. The molecule has 2 saturated carbocycles. The summed E-state index contributed by atoms with van der Waals surface area (Å²) in [5.41, 5.74) is 3.53. The molecule has 3 aliphatic rings. The summed E-state index contributed by atoms with van der Waals surface area (Å²) in [5.74, 6) is 3.41. The number of para-hydroxylation sites is 1. The summed E-state index contributed by atoms with van der Waals surface area (Å²) in [5, 5.41) is 17.8. The van der Waals surface area contributed by atoms with E-state index < -0.39 is 0 Å². The van der Waals surface area contributed by atoms with E-state index in [4.69, 9.17) is 12.2 Å². The van der Waals surface area contributed by atoms with Crippen molar-refractivity contribution >= 4 is 23.5 Å². The third-order valence-corrected chi connectivity index (χ3v) is 5.84. The molecule has 0 amide bonds. The largest absolute Gasteiger partial charge is 0.507 e. The van der Waals surface area contributed by atoms with Crippen molar-refractivity contribution in [3.63, 3.8) is 0 Å². The quantitative estimate of drug-likeness (QED) is 0.346. The van der Waals surface area contributed by atoms with Crippen LogP contribution in [0, 0.1) is 23.7 Å². The van der Waals surface area contributed by atoms with Gasteiger partial charge in [-0.3, -0.25) is 5.43 Å². The highest BCUT2D eigenvalue weighted by Crippen LogP contribution is 2.56. The van der Waals surface area contributed by atoms with Gasteiger partial charge in [0.05, 0.1) is 6.21 Å². The number of nitrogens with zero attached hydrogens (tertiary/aromatic N) is 1. The van der Waals surface area contributed by atoms with Crippen molar-refractivity contribution in [2.75, 3.05) is 0 Å². The van der Waals surface area contributed by atoms with E-state index in [9.17, 15) is 5.11 Å². The minimum Gasteiger partial charge on any atom is -0.507 e. The maximum atomic E-state index is 9.69. The molecular formula is C18H21N3OS. The number of allylic oxidation sites excluding steroid dienone is 2. The lowest BCUT2D eigenvalue weighted by atomic mass is 9.79. The molecule has 1 aromatic carbocycles. The molecule has 1 aromatic rings. The van der Waals surface area contributed by atoms with Crippen molar-refractivity contribution in [1.82, 2.24) is 10.7 Å². The van der Waals surface area contributed by atoms with E-state index in [2.05, 4.69) is 28.0 Å². The fraction of sp³-hybridized carbons (Fsp3) is 0.444. The second-order valence-corrected chi connectivity index (χ2v) is 7.22. The van der Waals surface area contributed by atoms with Gasteiger partial charge in [0.1, 0.15) is 5.75 Å². The molecule has 0 spiro atoms. The average Bonchev–Trinajstić information content (AvgIpc) is 3.21. The molecular weight excluding hydrogens is 306 g/mol. The van der Waals surface area contributed by atoms with Crippen LogP contribution in [-0.2, 0) is 0 Å². The lowest BCUT2D eigenvalue weighted by molar-refractivity contribution is 0.246. The first-order valence-electron chi connectivity index (χ1n) is 8.26. The molecule has 0 radical (unpaired) electrons. The van der Waals surface area contributed by atoms with Crippen LogP contribution in [0.15, 0.2) is 41.5 Å². The lowest BCUT2D eigenvalue weighted by Gasteiger charge is -2.32. The van der Waals surface area contributed by atoms with Crippen molar-refractivity contribution in [3.05, 3.63) is 42.0 Å². The number of thiocarbonyl (C=S) groups is 1. The summed E-state index contributed by atoms with van der Waals surface area (Å²) in [6, 6.07) is 7.55. The van der Waals surface area contributed by atoms with Crippen LogP contribution in [0.5, 0.6) is 5.75 Å². The molecule has 120 valence electrons. The van der Waals surface area contributed by atoms with E-state index in [1.165, 1.54) is 19.3 Å². The van der Waals surface area contributed by atoms with E-state index in [0.717, 1.165) is 17.8 Å². The van der Waals surface area contributed by atoms with Crippen LogP contribution in [-0.4, -0.2) is 22.5 Å². The molecule has 2 bridgehead atoms. The monoisotopic (exact) mass is 327 g/mol. The summed E-state index contributed by atoms with van der Waals surface area (Å²) >= 11 is 5.36. The van der Waals surface area contributed by atoms with Crippen LogP contribution in [0.25, 0.3) is 0 Å². The van der Waals surface area contributed by atoms with Crippen molar-refractivity contribution in [2.24, 2.45) is 28.8 Å². The van der Waals surface area contributed by atoms with Crippen LogP contribution < -0.4 is 10.7 Å². The number of rotatable bonds is 3. The number of benzene rings is 1. The van der Waals surface area contributed by atoms with Crippen molar-refractivity contribution < 1.29 is 5.11 Å². The molecule has 5 atom stereocenters. The van der Waals surface area contributed by atoms with E-state index in [1.807, 2.05) is 6.07 Å². The summed E-state index contributed by atoms with van der Waals surface area (Å²) < 4.78 is 0. The zero-order valence-corrected chi connectivity index (χ0v) is 13.7. The molecule has 0 unspecified atom stereocenters. The highest BCUT2D eigenvalue weighted by molar-refractivity contribution is 7.80. The molecule has 5 heteroatoms. The van der Waals surface area contributed by atoms with Gasteiger partial charge in [-0.2, -0.15) is 5.10 Å². The third kappa shape index (κ3) is 2.74. The van der Waals surface area contributed by atoms with Crippen LogP contribution in [0.3, 0.4) is 0 Å². The first-order chi connectivity index (χ1) is 11.2. The summed E-state index contributed by atoms with van der Waals surface area (Å²) in [6.07, 6.45) is 10.2. The van der Waals surface area contributed by atoms with Gasteiger partial charge < -0.3 is 10.4 Å². The zero-order chi connectivity index (χ0) is 15.8. The average molecular weight is 327 g/mol. The van der Waals surface area contributed by atoms with Gasteiger partial charge >= 0.3 is 0 Å². The number of phenols is 1. The van der Waals surface area contributed by atoms with E-state index in [1.54, 1.807) is 24.4 Å². The van der Waals surface area contributed by atoms with Gasteiger partial charge in [-0.15, -0.1) is 0 Å². The minimum absolute atomic E-state index is 0.212. The third-order valence-electron chi connectivity index (χ3n) is 5.63. The van der Waals surface area contributed by atoms with Gasteiger partial charge in [-0.05, 0) is 67.3 Å². The first kappa shape index (κ1) is 14.7. The Morgan fingerprint density at radius 3 is 3.00 bits per heavy atom. The van der Waals surface area contributed by atoms with E-state index in [-0.39, 0.29) is 5.75 Å². The lowest BCUT2D eigenvalue weighted by Crippen LogP contribution is -2.45. The zero-order valence-electron chi connectivity index (χ0n) is 12.9. The fourth-order valence-corrected chi connectivity index (χ4v) is 4.87. The predicted molar refractivity (Wildman–Crippen MR) is 95.3 cm³/mol. The number of hydrogen-bond donors (Lipinski definition) is 3. The summed E-state index contributed by atoms with van der Waals surface area (Å²) in [4.78, 5) is 0. The van der Waals surface area contributed by atoms with Crippen molar-refractivity contribution in [2.45, 2.75) is 25.3 Å². The van der Waals surface area contributed by atoms with Gasteiger partial charge in [0, 0.05) is 11.6 Å². The second kappa shape index (κ2) is 5.96. The number of hydrogen-bond acceptors (Lipinski definition) is 3. The topological polar surface area (TPSA) is 56.7 Å². The Bertz CT molecular complexity index is 672. The Hall–Kier alpha value is -1.88. The van der Waals surface area contributed by atoms with Crippen molar-refractivity contribution in [1.29, 1.82) is 0 Å². The van der Waals surface area contributed by atoms with E-state index >= 15 is 0 Å². The van der Waals surface area contributed by atoms with Crippen LogP contribution >= 0.6 is 12.2 Å². The van der Waals surface area contributed by atoms with Crippen molar-refractivity contribution in [3.8, 4) is 5.75 Å². The molecule has 3 aliphatic carbocycles. The highest BCUT2D eigenvalue weighted by atomic mass is 32.1. The normalized spacial score (nSPS) is 34.0. The molecule has 4 nitrogen and oxygen atoms in total. The number of hydrazone groups is 1. The van der Waals surface area contributed by atoms with E-state index in [0.29, 0.717) is 22.6 Å². The Labute approximate surface area is 141 Å². The van der Waals surface area contributed by atoms with Gasteiger partial charge in [-0.1, -0.05) is 24.3 Å². The Balaban J connectivity index is 1.31.